The number of methoxy groups -OCH3 is 1. The molecule has 5 heteroatoms. The van der Waals surface area contributed by atoms with E-state index in [0.29, 0.717) is 0 Å². The highest BCUT2D eigenvalue weighted by molar-refractivity contribution is 5.85. The Labute approximate surface area is 111 Å². The van der Waals surface area contributed by atoms with Gasteiger partial charge >= 0.3 is 5.97 Å². The molecule has 1 heterocycles. The van der Waals surface area contributed by atoms with Crippen LogP contribution in [0.5, 0.6) is 0 Å². The molecule has 1 N–H and O–H groups in total. The lowest BCUT2D eigenvalue weighted by atomic mass is 10.2. The van der Waals surface area contributed by atoms with Crippen LogP contribution in [0.1, 0.15) is 5.69 Å². The van der Waals surface area contributed by atoms with E-state index in [1.54, 1.807) is 0 Å². The number of benzene rings is 1. The lowest BCUT2D eigenvalue weighted by Crippen LogP contribution is -2.32. The van der Waals surface area contributed by atoms with Crippen LogP contribution in [-0.2, 0) is 20.9 Å². The smallest absolute Gasteiger partial charge is 0.325 e. The van der Waals surface area contributed by atoms with Crippen molar-refractivity contribution < 1.29 is 14.3 Å². The predicted octanol–water partition coefficient (Wildman–Crippen LogP) is 1.24. The molecule has 0 saturated carbocycles. The molecule has 2 aromatic rings. The molecule has 5 nitrogen and oxygen atoms in total. The van der Waals surface area contributed by atoms with Crippen LogP contribution in [0, 0.1) is 6.92 Å². The summed E-state index contributed by atoms with van der Waals surface area (Å²) < 4.78 is 6.39. The summed E-state index contributed by atoms with van der Waals surface area (Å²) in [6, 6.07) is 9.90. The molecule has 1 aromatic heterocycles. The number of nitrogens with zero attached hydrogens (tertiary/aromatic N) is 1. The van der Waals surface area contributed by atoms with Gasteiger partial charge in [0.2, 0.25) is 5.91 Å². The fourth-order valence-corrected chi connectivity index (χ4v) is 2.00. The highest BCUT2D eigenvalue weighted by Gasteiger charge is 2.10. The van der Waals surface area contributed by atoms with Gasteiger partial charge in [-0.2, -0.15) is 0 Å². The van der Waals surface area contributed by atoms with E-state index in [0.717, 1.165) is 16.6 Å². The number of amides is 1. The van der Waals surface area contributed by atoms with Gasteiger partial charge in [0.05, 0.1) is 7.11 Å². The molecular weight excluding hydrogens is 244 g/mol. The number of ether oxygens (including phenoxy) is 1. The van der Waals surface area contributed by atoms with Crippen molar-refractivity contribution in [2.24, 2.45) is 0 Å². The van der Waals surface area contributed by atoms with Crippen LogP contribution in [0.2, 0.25) is 0 Å². The van der Waals surface area contributed by atoms with Crippen LogP contribution in [0.25, 0.3) is 10.9 Å². The Hall–Kier alpha value is -2.30. The maximum atomic E-state index is 11.8. The zero-order chi connectivity index (χ0) is 13.8. The summed E-state index contributed by atoms with van der Waals surface area (Å²) in [5.41, 5.74) is 2.02. The standard InChI is InChI=1S/C14H16N2O3/c1-10-7-11-5-3-4-6-12(11)16(10)9-13(17)15-8-14(18)19-2/h3-7H,8-9H2,1-2H3,(H,15,17). The van der Waals surface area contributed by atoms with Crippen molar-refractivity contribution in [3.05, 3.63) is 36.0 Å². The maximum absolute atomic E-state index is 11.8. The van der Waals surface area contributed by atoms with Crippen LogP contribution >= 0.6 is 0 Å². The van der Waals surface area contributed by atoms with E-state index in [-0.39, 0.29) is 19.0 Å². The lowest BCUT2D eigenvalue weighted by Gasteiger charge is -2.08. The van der Waals surface area contributed by atoms with Crippen molar-refractivity contribution in [3.63, 3.8) is 0 Å². The number of rotatable bonds is 4. The number of aromatic nitrogens is 1. The van der Waals surface area contributed by atoms with Crippen LogP contribution in [0.4, 0.5) is 0 Å². The zero-order valence-corrected chi connectivity index (χ0v) is 11.0. The summed E-state index contributed by atoms with van der Waals surface area (Å²) in [4.78, 5) is 22.7. The average Bonchev–Trinajstić information content (AvgIpc) is 2.72. The van der Waals surface area contributed by atoms with Crippen LogP contribution in [0.3, 0.4) is 0 Å². The number of esters is 1. The molecule has 1 amide bonds. The largest absolute Gasteiger partial charge is 0.468 e. The SMILES string of the molecule is COC(=O)CNC(=O)Cn1c(C)cc2ccccc21. The molecule has 0 bridgehead atoms. The molecular formula is C14H16N2O3. The predicted molar refractivity (Wildman–Crippen MR) is 71.7 cm³/mol. The Kier molecular flexibility index (Phi) is 3.85. The van der Waals surface area contributed by atoms with Crippen molar-refractivity contribution in [1.82, 2.24) is 9.88 Å². The molecule has 0 aliphatic heterocycles. The molecule has 0 atom stereocenters. The number of carbonyl (C=O) groups excluding carboxylic acids is 2. The summed E-state index contributed by atoms with van der Waals surface area (Å²) in [5.74, 6) is -0.669. The first-order valence-electron chi connectivity index (χ1n) is 6.00. The number of hydrogen-bond acceptors (Lipinski definition) is 3. The normalized spacial score (nSPS) is 10.4. The quantitative estimate of drug-likeness (QED) is 0.841. The van der Waals surface area contributed by atoms with Crippen LogP contribution in [0.15, 0.2) is 30.3 Å². The van der Waals surface area contributed by atoms with Crippen molar-refractivity contribution in [3.8, 4) is 0 Å². The third-order valence-corrected chi connectivity index (χ3v) is 2.98. The summed E-state index contributed by atoms with van der Waals surface area (Å²) in [7, 11) is 1.29. The topological polar surface area (TPSA) is 60.3 Å². The molecule has 100 valence electrons. The highest BCUT2D eigenvalue weighted by Crippen LogP contribution is 2.18. The second-order valence-corrected chi connectivity index (χ2v) is 4.28. The highest BCUT2D eigenvalue weighted by atomic mass is 16.5. The molecule has 19 heavy (non-hydrogen) atoms. The molecule has 0 fully saturated rings. The summed E-state index contributed by atoms with van der Waals surface area (Å²) in [6.07, 6.45) is 0. The van der Waals surface area contributed by atoms with Gasteiger partial charge in [-0.3, -0.25) is 9.59 Å². The van der Waals surface area contributed by atoms with E-state index in [9.17, 15) is 9.59 Å². The minimum atomic E-state index is -0.456. The van der Waals surface area contributed by atoms with Crippen molar-refractivity contribution in [2.75, 3.05) is 13.7 Å². The number of hydrogen-bond donors (Lipinski definition) is 1. The van der Waals surface area contributed by atoms with E-state index in [1.165, 1.54) is 7.11 Å². The third-order valence-electron chi connectivity index (χ3n) is 2.98. The Morgan fingerprint density at radius 3 is 2.79 bits per heavy atom. The summed E-state index contributed by atoms with van der Waals surface area (Å²) in [5, 5.41) is 3.63. The first kappa shape index (κ1) is 13.1. The monoisotopic (exact) mass is 260 g/mol. The van der Waals surface area contributed by atoms with Crippen LogP contribution < -0.4 is 5.32 Å². The van der Waals surface area contributed by atoms with Gasteiger partial charge < -0.3 is 14.6 Å². The molecule has 2 rings (SSSR count). The molecule has 0 unspecified atom stereocenters. The second kappa shape index (κ2) is 5.56. The summed E-state index contributed by atoms with van der Waals surface area (Å²) in [6.45, 7) is 2.04. The first-order chi connectivity index (χ1) is 9.11. The number of aryl methyl sites for hydroxylation is 1. The maximum Gasteiger partial charge on any atom is 0.325 e. The Bertz CT molecular complexity index is 616. The van der Waals surface area contributed by atoms with Gasteiger partial charge in [0, 0.05) is 11.2 Å². The van der Waals surface area contributed by atoms with Crippen molar-refractivity contribution in [2.45, 2.75) is 13.5 Å². The van der Waals surface area contributed by atoms with E-state index < -0.39 is 5.97 Å². The molecule has 0 aliphatic carbocycles. The second-order valence-electron chi connectivity index (χ2n) is 4.28. The third kappa shape index (κ3) is 2.93. The average molecular weight is 260 g/mol. The molecule has 0 radical (unpaired) electrons. The Morgan fingerprint density at radius 1 is 1.32 bits per heavy atom. The number of fused-ring (bicyclic) bond motifs is 1. The van der Waals surface area contributed by atoms with Crippen molar-refractivity contribution in [1.29, 1.82) is 0 Å². The van der Waals surface area contributed by atoms with Gasteiger partial charge in [0.15, 0.2) is 0 Å². The fourth-order valence-electron chi connectivity index (χ4n) is 2.00. The van der Waals surface area contributed by atoms with Gasteiger partial charge in [-0.1, -0.05) is 18.2 Å². The molecule has 1 aromatic carbocycles. The van der Waals surface area contributed by atoms with Crippen molar-refractivity contribution >= 4 is 22.8 Å². The van der Waals surface area contributed by atoms with Gasteiger partial charge in [-0.15, -0.1) is 0 Å². The minimum Gasteiger partial charge on any atom is -0.468 e. The van der Waals surface area contributed by atoms with Gasteiger partial charge in [-0.25, -0.2) is 0 Å². The van der Waals surface area contributed by atoms with E-state index in [4.69, 9.17) is 0 Å². The van der Waals surface area contributed by atoms with Gasteiger partial charge in [0.1, 0.15) is 13.1 Å². The van der Waals surface area contributed by atoms with Gasteiger partial charge in [-0.05, 0) is 24.4 Å². The number of nitrogens with one attached hydrogen (secondary N) is 1. The van der Waals surface area contributed by atoms with Crippen LogP contribution in [-0.4, -0.2) is 30.1 Å². The Morgan fingerprint density at radius 2 is 2.05 bits per heavy atom. The minimum absolute atomic E-state index is 0.104. The first-order valence-corrected chi connectivity index (χ1v) is 6.00. The fraction of sp³-hybridized carbons (Fsp3) is 0.286. The number of para-hydroxylation sites is 1. The zero-order valence-electron chi connectivity index (χ0n) is 11.0. The van der Waals surface area contributed by atoms with E-state index in [2.05, 4.69) is 10.1 Å². The van der Waals surface area contributed by atoms with E-state index >= 15 is 0 Å². The van der Waals surface area contributed by atoms with Gasteiger partial charge in [0.25, 0.3) is 0 Å². The molecule has 0 saturated heterocycles. The Balaban J connectivity index is 2.10. The number of carbonyl (C=O) groups is 2. The molecule has 0 aliphatic rings. The van der Waals surface area contributed by atoms with E-state index in [1.807, 2.05) is 41.8 Å². The molecule has 0 spiro atoms. The summed E-state index contributed by atoms with van der Waals surface area (Å²) >= 11 is 0. The lowest BCUT2D eigenvalue weighted by molar-refractivity contribution is -0.141.